The van der Waals surface area contributed by atoms with Crippen LogP contribution in [0.2, 0.25) is 0 Å². The molecule has 2 fully saturated rings. The highest BCUT2D eigenvalue weighted by Gasteiger charge is 2.58. The van der Waals surface area contributed by atoms with Crippen LogP contribution in [0.15, 0.2) is 42.5 Å². The number of anilines is 1. The summed E-state index contributed by atoms with van der Waals surface area (Å²) in [6.45, 7) is 5.34. The summed E-state index contributed by atoms with van der Waals surface area (Å²) in [5.41, 5.74) is -0.956. The van der Waals surface area contributed by atoms with Crippen LogP contribution in [0, 0.1) is 5.82 Å². The van der Waals surface area contributed by atoms with E-state index in [4.69, 9.17) is 9.47 Å². The number of amides is 6. The van der Waals surface area contributed by atoms with Crippen LogP contribution in [0.4, 0.5) is 37.6 Å². The Hall–Kier alpha value is -4.89. The van der Waals surface area contributed by atoms with Crippen molar-refractivity contribution in [1.29, 1.82) is 0 Å². The molecule has 16 heteroatoms. The van der Waals surface area contributed by atoms with Crippen molar-refractivity contribution in [2.24, 2.45) is 0 Å². The molecule has 2 aromatic rings. The molecule has 1 spiro atoms. The Bertz CT molecular complexity index is 1650. The number of hydrogen-bond donors (Lipinski definition) is 1. The maximum atomic E-state index is 13.7. The highest BCUT2D eigenvalue weighted by molar-refractivity contribution is 6.06. The lowest BCUT2D eigenvalue weighted by Crippen LogP contribution is -2.52. The zero-order valence-electron chi connectivity index (χ0n) is 27.4. The molecule has 264 valence electrons. The van der Waals surface area contributed by atoms with Gasteiger partial charge in [0.1, 0.15) is 30.7 Å². The van der Waals surface area contributed by atoms with E-state index in [0.29, 0.717) is 46.1 Å². The zero-order valence-corrected chi connectivity index (χ0v) is 27.4. The molecule has 2 heterocycles. The lowest BCUT2D eigenvalue weighted by molar-refractivity contribution is -0.187. The molecular weight excluding hydrogens is 654 g/mol. The van der Waals surface area contributed by atoms with Gasteiger partial charge in [-0.15, -0.1) is 0 Å². The molecule has 1 unspecified atom stereocenters. The minimum absolute atomic E-state index is 0.0181. The smallest absolute Gasteiger partial charge is 0.418 e. The lowest BCUT2D eigenvalue weighted by Gasteiger charge is -2.36. The number of fused-ring (bicyclic) bond motifs is 2. The number of aryl methyl sites for hydroxylation is 1. The van der Waals surface area contributed by atoms with Gasteiger partial charge in [-0.1, -0.05) is 18.2 Å². The third-order valence-electron chi connectivity index (χ3n) is 8.57. The van der Waals surface area contributed by atoms with Crippen molar-refractivity contribution < 1.29 is 51.0 Å². The first kappa shape index (κ1) is 35.4. The van der Waals surface area contributed by atoms with E-state index in [1.165, 1.54) is 34.1 Å². The molecule has 2 atom stereocenters. The lowest BCUT2D eigenvalue weighted by atomic mass is 9.94. The fourth-order valence-electron chi connectivity index (χ4n) is 6.00. The Morgan fingerprint density at radius 1 is 1.04 bits per heavy atom. The average Bonchev–Trinajstić information content (AvgIpc) is 3.50. The second-order valence-electron chi connectivity index (χ2n) is 13.3. The largest absolute Gasteiger partial charge is 0.444 e. The monoisotopic (exact) mass is 691 g/mol. The van der Waals surface area contributed by atoms with Gasteiger partial charge in [-0.05, 0) is 75.9 Å². The van der Waals surface area contributed by atoms with Gasteiger partial charge < -0.3 is 24.6 Å². The number of urea groups is 1. The molecule has 0 radical (unpaired) electrons. The predicted octanol–water partition coefficient (Wildman–Crippen LogP) is 5.36. The number of ether oxygens (including phenoxy) is 2. The van der Waals surface area contributed by atoms with Crippen molar-refractivity contribution in [3.63, 3.8) is 0 Å². The minimum atomic E-state index is -4.82. The van der Waals surface area contributed by atoms with Crippen LogP contribution in [0.1, 0.15) is 57.2 Å². The van der Waals surface area contributed by atoms with Crippen molar-refractivity contribution in [3.05, 3.63) is 65.0 Å². The summed E-state index contributed by atoms with van der Waals surface area (Å²) in [6, 6.07) is 6.48. The van der Waals surface area contributed by atoms with Gasteiger partial charge in [0.25, 0.3) is 5.91 Å². The van der Waals surface area contributed by atoms with Gasteiger partial charge in [-0.2, -0.15) is 13.2 Å². The summed E-state index contributed by atoms with van der Waals surface area (Å²) >= 11 is 0. The van der Waals surface area contributed by atoms with Gasteiger partial charge in [0, 0.05) is 37.3 Å². The third kappa shape index (κ3) is 7.57. The summed E-state index contributed by atoms with van der Waals surface area (Å²) in [4.78, 5) is 69.4. The minimum Gasteiger partial charge on any atom is -0.444 e. The third-order valence-corrected chi connectivity index (χ3v) is 8.57. The van der Waals surface area contributed by atoms with Gasteiger partial charge in [0.05, 0.1) is 0 Å². The van der Waals surface area contributed by atoms with E-state index in [1.807, 2.05) is 0 Å². The van der Waals surface area contributed by atoms with E-state index >= 15 is 0 Å². The number of carbonyl (C=O) groups is 5. The van der Waals surface area contributed by atoms with E-state index in [1.54, 1.807) is 26.8 Å². The summed E-state index contributed by atoms with van der Waals surface area (Å²) in [5.74, 6) is -2.66. The summed E-state index contributed by atoms with van der Waals surface area (Å²) < 4.78 is 65.6. The van der Waals surface area contributed by atoms with Gasteiger partial charge in [0.2, 0.25) is 11.5 Å². The fourth-order valence-corrected chi connectivity index (χ4v) is 6.00. The van der Waals surface area contributed by atoms with E-state index < -0.39 is 72.4 Å². The number of imide groups is 1. The zero-order chi connectivity index (χ0) is 35.9. The van der Waals surface area contributed by atoms with Crippen molar-refractivity contribution in [1.82, 2.24) is 19.6 Å². The average molecular weight is 692 g/mol. The Kier molecular flexibility index (Phi) is 9.54. The number of benzene rings is 2. The first-order chi connectivity index (χ1) is 22.9. The summed E-state index contributed by atoms with van der Waals surface area (Å²) in [7, 11) is 0. The van der Waals surface area contributed by atoms with Crippen LogP contribution in [-0.4, -0.2) is 93.8 Å². The van der Waals surface area contributed by atoms with E-state index in [9.17, 15) is 41.5 Å². The number of alkyl halides is 3. The highest BCUT2D eigenvalue weighted by Crippen LogP contribution is 2.46. The molecule has 49 heavy (non-hydrogen) atoms. The standard InChI is InChI=1S/C33H37F4N5O7/c1-20(33(35,36)37)41(17-21-6-8-23(34)9-7-21)26(43)18-42-27(44)32(49-30(42)47)13-12-22-16-24(10-11-25(22)32)38-28(45)39-14-5-15-40(19-39)29(46)48-31(2,3)4/h6-11,16,20H,5,12-15,17-19H2,1-4H3,(H,38,45)/t20-,32?/m0/s1. The molecule has 12 nitrogen and oxygen atoms in total. The van der Waals surface area contributed by atoms with Crippen molar-refractivity contribution in [2.45, 2.75) is 76.9 Å². The molecule has 6 amide bonds. The number of hydrogen-bond acceptors (Lipinski definition) is 7. The first-order valence-electron chi connectivity index (χ1n) is 15.7. The normalized spacial score (nSPS) is 19.9. The number of carbonyl (C=O) groups excluding carboxylic acids is 5. The summed E-state index contributed by atoms with van der Waals surface area (Å²) in [6.07, 6.45) is -5.71. The summed E-state index contributed by atoms with van der Waals surface area (Å²) in [5, 5.41) is 2.78. The molecule has 0 saturated carbocycles. The van der Waals surface area contributed by atoms with Crippen LogP contribution < -0.4 is 5.32 Å². The maximum absolute atomic E-state index is 13.7. The van der Waals surface area contributed by atoms with Crippen LogP contribution in [0.25, 0.3) is 0 Å². The van der Waals surface area contributed by atoms with E-state index in [-0.39, 0.29) is 25.1 Å². The molecule has 5 rings (SSSR count). The topological polar surface area (TPSA) is 129 Å². The van der Waals surface area contributed by atoms with Gasteiger partial charge >= 0.3 is 24.4 Å². The van der Waals surface area contributed by atoms with Crippen LogP contribution >= 0.6 is 0 Å². The molecule has 3 aliphatic rings. The van der Waals surface area contributed by atoms with Crippen molar-refractivity contribution in [2.75, 3.05) is 31.6 Å². The molecule has 1 N–H and O–H groups in total. The van der Waals surface area contributed by atoms with E-state index in [0.717, 1.165) is 19.1 Å². The molecule has 2 aliphatic heterocycles. The highest BCUT2D eigenvalue weighted by atomic mass is 19.4. The molecule has 1 aliphatic carbocycles. The Morgan fingerprint density at radius 3 is 2.37 bits per heavy atom. The second-order valence-corrected chi connectivity index (χ2v) is 13.3. The molecule has 0 bridgehead atoms. The number of rotatable bonds is 6. The Labute approximate surface area is 279 Å². The van der Waals surface area contributed by atoms with E-state index in [2.05, 4.69) is 5.32 Å². The molecule has 0 aromatic heterocycles. The first-order valence-corrected chi connectivity index (χ1v) is 15.7. The molecular formula is C33H37F4N5O7. The maximum Gasteiger partial charge on any atom is 0.418 e. The van der Waals surface area contributed by atoms with Crippen molar-refractivity contribution >= 4 is 35.7 Å². The van der Waals surface area contributed by atoms with Crippen molar-refractivity contribution in [3.8, 4) is 0 Å². The Balaban J connectivity index is 1.27. The predicted molar refractivity (Wildman–Crippen MR) is 165 cm³/mol. The molecule has 2 saturated heterocycles. The number of nitrogens with zero attached hydrogens (tertiary/aromatic N) is 4. The van der Waals surface area contributed by atoms with Crippen LogP contribution in [0.5, 0.6) is 0 Å². The van der Waals surface area contributed by atoms with Crippen LogP contribution in [0.3, 0.4) is 0 Å². The van der Waals surface area contributed by atoms with Gasteiger partial charge in [-0.3, -0.25) is 14.5 Å². The molecule has 2 aromatic carbocycles. The van der Waals surface area contributed by atoms with Crippen LogP contribution in [-0.2, 0) is 37.6 Å². The van der Waals surface area contributed by atoms with Gasteiger partial charge in [-0.25, -0.2) is 23.7 Å². The fraction of sp³-hybridized carbons (Fsp3) is 0.485. The Morgan fingerprint density at radius 2 is 1.71 bits per heavy atom. The number of nitrogens with one attached hydrogen (secondary N) is 1. The second kappa shape index (κ2) is 13.2. The number of halogens is 4. The SMILES string of the molecule is C[C@H](N(Cc1ccc(F)cc1)C(=O)CN1C(=O)OC2(CCc3cc(NC(=O)N4CCCN(C(=O)OC(C)(C)C)C4)ccc32)C1=O)C(F)(F)F. The quantitative estimate of drug-likeness (QED) is 0.404. The van der Waals surface area contributed by atoms with Gasteiger partial charge in [0.15, 0.2) is 0 Å².